The molecule has 0 rings (SSSR count). The van der Waals surface area contributed by atoms with E-state index >= 15 is 0 Å². The number of halogens is 1. The van der Waals surface area contributed by atoms with Crippen LogP contribution in [0.25, 0.3) is 0 Å². The van der Waals surface area contributed by atoms with Gasteiger partial charge in [-0.3, -0.25) is 4.79 Å². The molecule has 0 fully saturated rings. The van der Waals surface area contributed by atoms with E-state index in [1.54, 1.807) is 13.8 Å². The van der Waals surface area contributed by atoms with E-state index in [1.807, 2.05) is 0 Å². The molecule has 0 aliphatic carbocycles. The van der Waals surface area contributed by atoms with E-state index in [1.165, 1.54) is 0 Å². The van der Waals surface area contributed by atoms with E-state index in [2.05, 4.69) is 11.9 Å². The molecule has 0 aliphatic heterocycles. The number of hydrogen-bond donors (Lipinski definition) is 2. The van der Waals surface area contributed by atoms with Crippen LogP contribution in [0, 0.1) is 5.41 Å². The lowest BCUT2D eigenvalue weighted by molar-refractivity contribution is -0.146. The Morgan fingerprint density at radius 2 is 2.17 bits per heavy atom. The average Bonchev–Trinajstić information content (AvgIpc) is 1.85. The zero-order valence-corrected chi connectivity index (χ0v) is 8.11. The highest BCUT2D eigenvalue weighted by Gasteiger charge is 2.26. The van der Waals surface area contributed by atoms with Crippen molar-refractivity contribution in [2.45, 2.75) is 13.8 Å². The van der Waals surface area contributed by atoms with Gasteiger partial charge < -0.3 is 10.4 Å². The molecule has 4 heteroatoms. The molecule has 0 heterocycles. The van der Waals surface area contributed by atoms with Gasteiger partial charge in [0.2, 0.25) is 0 Å². The number of rotatable bonds is 5. The second-order valence-corrected chi connectivity index (χ2v) is 3.84. The van der Waals surface area contributed by atoms with Crippen molar-refractivity contribution in [1.82, 2.24) is 5.32 Å². The molecule has 0 spiro atoms. The summed E-state index contributed by atoms with van der Waals surface area (Å²) in [5.74, 6) is -0.824. The van der Waals surface area contributed by atoms with E-state index in [-0.39, 0.29) is 0 Å². The third-order valence-corrected chi connectivity index (χ3v) is 1.60. The summed E-state index contributed by atoms with van der Waals surface area (Å²) in [5.41, 5.74) is -0.758. The van der Waals surface area contributed by atoms with Gasteiger partial charge in [0.15, 0.2) is 0 Å². The van der Waals surface area contributed by atoms with Gasteiger partial charge in [-0.25, -0.2) is 0 Å². The molecule has 70 valence electrons. The lowest BCUT2D eigenvalue weighted by Gasteiger charge is -2.19. The van der Waals surface area contributed by atoms with Gasteiger partial charge in [0.05, 0.1) is 5.41 Å². The Balaban J connectivity index is 3.76. The predicted octanol–water partition coefficient (Wildman–Crippen LogP) is 1.44. The van der Waals surface area contributed by atoms with Crippen LogP contribution in [0.15, 0.2) is 11.6 Å². The second kappa shape index (κ2) is 4.48. The van der Waals surface area contributed by atoms with Crippen molar-refractivity contribution in [1.29, 1.82) is 0 Å². The molecule has 0 amide bonds. The number of nitrogens with one attached hydrogen (secondary N) is 1. The molecule has 3 nitrogen and oxygen atoms in total. The Bertz CT molecular complexity index is 189. The minimum Gasteiger partial charge on any atom is -0.481 e. The molecule has 0 saturated carbocycles. The smallest absolute Gasteiger partial charge is 0.310 e. The fourth-order valence-corrected chi connectivity index (χ4v) is 0.681. The molecular formula is C8H14ClNO2. The van der Waals surface area contributed by atoms with Gasteiger partial charge in [0, 0.05) is 18.1 Å². The molecule has 0 aliphatic rings. The third-order valence-electron chi connectivity index (χ3n) is 1.46. The summed E-state index contributed by atoms with van der Waals surface area (Å²) in [4.78, 5) is 10.6. The van der Waals surface area contributed by atoms with Crippen LogP contribution in [0.2, 0.25) is 0 Å². The van der Waals surface area contributed by atoms with Gasteiger partial charge in [0.1, 0.15) is 0 Å². The van der Waals surface area contributed by atoms with Gasteiger partial charge in [-0.2, -0.15) is 0 Å². The first kappa shape index (κ1) is 11.5. The van der Waals surface area contributed by atoms with Crippen LogP contribution in [0.3, 0.4) is 0 Å². The molecule has 2 N–H and O–H groups in total. The van der Waals surface area contributed by atoms with Crippen LogP contribution in [0.4, 0.5) is 0 Å². The Morgan fingerprint density at radius 1 is 1.67 bits per heavy atom. The number of carbonyl (C=O) groups is 1. The van der Waals surface area contributed by atoms with Crippen LogP contribution < -0.4 is 5.32 Å². The van der Waals surface area contributed by atoms with Crippen LogP contribution in [0.5, 0.6) is 0 Å². The summed E-state index contributed by atoms with van der Waals surface area (Å²) in [7, 11) is 0. The highest BCUT2D eigenvalue weighted by Crippen LogP contribution is 2.13. The average molecular weight is 192 g/mol. The summed E-state index contributed by atoms with van der Waals surface area (Å²) >= 11 is 5.48. The molecule has 0 aromatic rings. The van der Waals surface area contributed by atoms with Crippen LogP contribution >= 0.6 is 11.6 Å². The topological polar surface area (TPSA) is 49.3 Å². The first-order chi connectivity index (χ1) is 5.36. The van der Waals surface area contributed by atoms with Crippen molar-refractivity contribution < 1.29 is 9.90 Å². The molecule has 0 aromatic carbocycles. The van der Waals surface area contributed by atoms with Crippen molar-refractivity contribution in [3.05, 3.63) is 11.6 Å². The maximum Gasteiger partial charge on any atom is 0.310 e. The minimum absolute atomic E-state index is 0.383. The quantitative estimate of drug-likeness (QED) is 0.692. The summed E-state index contributed by atoms with van der Waals surface area (Å²) in [6.45, 7) is 7.61. The first-order valence-corrected chi connectivity index (χ1v) is 4.01. The van der Waals surface area contributed by atoms with E-state index in [9.17, 15) is 4.79 Å². The normalized spacial score (nSPS) is 11.2. The third kappa shape index (κ3) is 4.36. The van der Waals surface area contributed by atoms with Gasteiger partial charge in [-0.05, 0) is 13.8 Å². The highest BCUT2D eigenvalue weighted by molar-refractivity contribution is 6.29. The fourth-order valence-electron chi connectivity index (χ4n) is 0.586. The van der Waals surface area contributed by atoms with Crippen molar-refractivity contribution >= 4 is 17.6 Å². The Hall–Kier alpha value is -0.540. The molecule has 0 atom stereocenters. The molecular weight excluding hydrogens is 178 g/mol. The Kier molecular flexibility index (Phi) is 4.28. The van der Waals surface area contributed by atoms with E-state index in [4.69, 9.17) is 16.7 Å². The van der Waals surface area contributed by atoms with Crippen LogP contribution in [-0.4, -0.2) is 24.2 Å². The monoisotopic (exact) mass is 191 g/mol. The molecule has 12 heavy (non-hydrogen) atoms. The van der Waals surface area contributed by atoms with Crippen LogP contribution in [0.1, 0.15) is 13.8 Å². The van der Waals surface area contributed by atoms with E-state index in [0.717, 1.165) is 0 Å². The van der Waals surface area contributed by atoms with Crippen molar-refractivity contribution in [2.75, 3.05) is 13.1 Å². The Morgan fingerprint density at radius 3 is 2.50 bits per heavy atom. The van der Waals surface area contributed by atoms with Crippen molar-refractivity contribution in [3.63, 3.8) is 0 Å². The summed E-state index contributed by atoms with van der Waals surface area (Å²) in [5, 5.41) is 12.1. The van der Waals surface area contributed by atoms with Crippen LogP contribution in [-0.2, 0) is 4.79 Å². The first-order valence-electron chi connectivity index (χ1n) is 3.63. The standard InChI is InChI=1S/C8H14ClNO2/c1-6(9)4-10-5-8(2,3)7(11)12/h10H,1,4-5H2,2-3H3,(H,11,12). The summed E-state index contributed by atoms with van der Waals surface area (Å²) < 4.78 is 0. The lowest BCUT2D eigenvalue weighted by atomic mass is 9.94. The summed E-state index contributed by atoms with van der Waals surface area (Å²) in [6.07, 6.45) is 0. The fraction of sp³-hybridized carbons (Fsp3) is 0.625. The molecule has 0 unspecified atom stereocenters. The van der Waals surface area contributed by atoms with Crippen molar-refractivity contribution in [2.24, 2.45) is 5.41 Å². The zero-order chi connectivity index (χ0) is 9.78. The number of hydrogen-bond acceptors (Lipinski definition) is 2. The van der Waals surface area contributed by atoms with E-state index < -0.39 is 11.4 Å². The van der Waals surface area contributed by atoms with E-state index in [0.29, 0.717) is 18.1 Å². The summed E-state index contributed by atoms with van der Waals surface area (Å²) in [6, 6.07) is 0. The zero-order valence-electron chi connectivity index (χ0n) is 7.35. The van der Waals surface area contributed by atoms with Gasteiger partial charge in [0.25, 0.3) is 0 Å². The maximum absolute atomic E-state index is 10.6. The number of aliphatic carboxylic acids is 1. The molecule has 0 saturated heterocycles. The predicted molar refractivity (Wildman–Crippen MR) is 49.3 cm³/mol. The lowest BCUT2D eigenvalue weighted by Crippen LogP contribution is -2.36. The highest BCUT2D eigenvalue weighted by atomic mass is 35.5. The number of carboxylic acids is 1. The minimum atomic E-state index is -0.824. The maximum atomic E-state index is 10.6. The second-order valence-electron chi connectivity index (χ2n) is 3.31. The molecule has 0 aromatic heterocycles. The van der Waals surface area contributed by atoms with Gasteiger partial charge in [-0.1, -0.05) is 18.2 Å². The Labute approximate surface area is 77.4 Å². The largest absolute Gasteiger partial charge is 0.481 e. The number of carboxylic acid groups (broad SMARTS) is 1. The van der Waals surface area contributed by atoms with Gasteiger partial charge >= 0.3 is 5.97 Å². The molecule has 0 radical (unpaired) electrons. The van der Waals surface area contributed by atoms with Crippen molar-refractivity contribution in [3.8, 4) is 0 Å². The SMILES string of the molecule is C=C(Cl)CNCC(C)(C)C(=O)O. The molecule has 0 bridgehead atoms. The van der Waals surface area contributed by atoms with Gasteiger partial charge in [-0.15, -0.1) is 0 Å².